The number of ether oxygens (including phenoxy) is 7. The van der Waals surface area contributed by atoms with Crippen molar-refractivity contribution in [2.75, 3.05) is 13.2 Å². The second kappa shape index (κ2) is 44.3. The average molecular weight is 1870 g/mol. The largest absolute Gasteiger partial charge is 0.507 e. The molecule has 0 atom stereocenters. The molecule has 0 aliphatic carbocycles. The van der Waals surface area contributed by atoms with Crippen molar-refractivity contribution >= 4 is 107 Å². The Balaban J connectivity index is 0.000000176. The number of furan rings is 3. The van der Waals surface area contributed by atoms with Crippen LogP contribution in [0, 0.1) is 11.3 Å². The van der Waals surface area contributed by atoms with E-state index in [-0.39, 0.29) is 92.6 Å². The number of alkyl carbamates (subject to hydrolysis) is 2. The van der Waals surface area contributed by atoms with Crippen LogP contribution in [0.1, 0.15) is 139 Å². The highest BCUT2D eigenvalue weighted by Crippen LogP contribution is 2.42. The van der Waals surface area contributed by atoms with Crippen LogP contribution in [0.2, 0.25) is 0 Å². The van der Waals surface area contributed by atoms with Crippen molar-refractivity contribution in [2.45, 2.75) is 164 Å². The third-order valence-corrected chi connectivity index (χ3v) is 21.2. The van der Waals surface area contributed by atoms with Crippen LogP contribution in [-0.2, 0) is 101 Å². The van der Waals surface area contributed by atoms with Gasteiger partial charge in [-0.2, -0.15) is 5.26 Å². The number of phenolic OH excluding ortho intramolecular Hbond substituents is 4. The first-order valence-corrected chi connectivity index (χ1v) is 42.7. The fourth-order valence-electron chi connectivity index (χ4n) is 13.2. The molecule has 0 saturated carbocycles. The van der Waals surface area contributed by atoms with Crippen LogP contribution in [0.15, 0.2) is 241 Å². The normalized spacial score (nSPS) is 12.4. The van der Waals surface area contributed by atoms with Crippen LogP contribution in [0.3, 0.4) is 0 Å². The summed E-state index contributed by atoms with van der Waals surface area (Å²) in [5.41, 5.74) is 16.1. The zero-order valence-electron chi connectivity index (χ0n) is 73.1. The lowest BCUT2D eigenvalue weighted by Gasteiger charge is -2.32. The molecule has 10 aromatic carbocycles. The maximum Gasteiger partial charge on any atom is 0.498 e. The fraction of sp³-hybridized carbons (Fsp3) is 0.273. The Hall–Kier alpha value is -13.2. The summed E-state index contributed by atoms with van der Waals surface area (Å²) in [5, 5.41) is 66.1. The van der Waals surface area contributed by atoms with Gasteiger partial charge in [0.15, 0.2) is 0 Å². The Kier molecular flexibility index (Phi) is 33.5. The summed E-state index contributed by atoms with van der Waals surface area (Å²) in [6, 6.07) is 62.2. The summed E-state index contributed by atoms with van der Waals surface area (Å²) in [6.45, 7) is 24.4. The molecule has 1 fully saturated rings. The lowest BCUT2D eigenvalue weighted by atomic mass is 9.77. The number of esters is 2. The predicted octanol–water partition coefficient (Wildman–Crippen LogP) is 20.6. The summed E-state index contributed by atoms with van der Waals surface area (Å²) in [4.78, 5) is 58.6. The fourth-order valence-corrected chi connectivity index (χ4v) is 14.0. The van der Waals surface area contributed by atoms with Crippen molar-refractivity contribution in [2.24, 2.45) is 5.73 Å². The smallest absolute Gasteiger partial charge is 0.498 e. The quantitative estimate of drug-likeness (QED) is 0.0150. The molecule has 29 heteroatoms. The molecule has 26 nitrogen and oxygen atoms in total. The first-order valence-electron chi connectivity index (χ1n) is 41.1. The topological polar surface area (TPSA) is 383 Å². The highest BCUT2D eigenvalue weighted by atomic mass is 79.9. The molecular formula is C99H103BBr2N4O22. The van der Waals surface area contributed by atoms with Crippen molar-refractivity contribution < 1.29 is 105 Å². The van der Waals surface area contributed by atoms with Gasteiger partial charge in [0, 0.05) is 96.9 Å². The van der Waals surface area contributed by atoms with Gasteiger partial charge in [0.05, 0.1) is 77.0 Å². The van der Waals surface area contributed by atoms with Crippen molar-refractivity contribution in [3.05, 3.63) is 284 Å². The number of para-hydroxylation sites is 7. The number of nitrogens with zero attached hydrogens (tertiary/aromatic N) is 1. The Morgan fingerprint density at radius 3 is 1.23 bits per heavy atom. The number of phenols is 4. The molecule has 1 aliphatic rings. The number of carbonyl (C=O) groups excluding carboxylic acids is 4. The Labute approximate surface area is 759 Å². The van der Waals surface area contributed by atoms with Gasteiger partial charge in [-0.25, -0.2) is 9.59 Å². The van der Waals surface area contributed by atoms with Crippen LogP contribution in [0.4, 0.5) is 9.59 Å². The maximum atomic E-state index is 12.1. The van der Waals surface area contributed by atoms with E-state index in [0.717, 1.165) is 60.6 Å². The van der Waals surface area contributed by atoms with Crippen molar-refractivity contribution in [1.82, 2.24) is 10.6 Å². The maximum absolute atomic E-state index is 12.1. The number of nitriles is 1. The highest BCUT2D eigenvalue weighted by Gasteiger charge is 2.52. The van der Waals surface area contributed by atoms with Crippen molar-refractivity contribution in [3.63, 3.8) is 0 Å². The van der Waals surface area contributed by atoms with E-state index >= 15 is 0 Å². The molecule has 1 saturated heterocycles. The number of rotatable bonds is 25. The molecule has 0 unspecified atom stereocenters. The number of aliphatic carboxylic acids is 1. The third-order valence-electron chi connectivity index (χ3n) is 20.0. The van der Waals surface area contributed by atoms with E-state index < -0.39 is 47.7 Å². The van der Waals surface area contributed by atoms with Crippen LogP contribution < -0.4 is 36.0 Å². The molecule has 0 spiro atoms. The number of carbonyl (C=O) groups is 5. The van der Waals surface area contributed by atoms with Crippen LogP contribution in [0.5, 0.6) is 40.2 Å². The van der Waals surface area contributed by atoms with E-state index in [4.69, 9.17) is 76.9 Å². The lowest BCUT2D eigenvalue weighted by Crippen LogP contribution is -2.41. The molecule has 9 N–H and O–H groups in total. The van der Waals surface area contributed by atoms with Gasteiger partial charge in [-0.05, 0) is 217 Å². The average Bonchev–Trinajstić information content (AvgIpc) is 1.60. The second-order valence-electron chi connectivity index (χ2n) is 32.3. The number of benzene rings is 10. The summed E-state index contributed by atoms with van der Waals surface area (Å²) >= 11 is 6.29. The molecule has 668 valence electrons. The zero-order chi connectivity index (χ0) is 92.6. The van der Waals surface area contributed by atoms with Crippen molar-refractivity contribution in [1.29, 1.82) is 5.26 Å². The first kappa shape index (κ1) is 97.0. The van der Waals surface area contributed by atoms with Gasteiger partial charge >= 0.3 is 37.2 Å². The number of hydrogen-bond acceptors (Lipinski definition) is 23. The molecule has 1 aliphatic heterocycles. The monoisotopic (exact) mass is 1870 g/mol. The number of nitrogens with two attached hydrogens (primary N) is 1. The number of fused-ring (bicyclic) bond motifs is 3. The number of carboxylic acid groups (broad SMARTS) is 1. The van der Waals surface area contributed by atoms with Gasteiger partial charge in [-0.3, -0.25) is 14.4 Å². The lowest BCUT2D eigenvalue weighted by molar-refractivity contribution is -0.143. The number of amides is 2. The molecule has 4 heterocycles. The third kappa shape index (κ3) is 26.7. The van der Waals surface area contributed by atoms with Crippen molar-refractivity contribution in [3.8, 4) is 68.6 Å². The minimum absolute atomic E-state index is 0.00463. The first-order chi connectivity index (χ1) is 60.9. The molecule has 0 bridgehead atoms. The van der Waals surface area contributed by atoms with E-state index in [0.29, 0.717) is 96.1 Å². The van der Waals surface area contributed by atoms with Crippen LogP contribution in [0.25, 0.3) is 55.2 Å². The summed E-state index contributed by atoms with van der Waals surface area (Å²) < 4.78 is 69.5. The highest BCUT2D eigenvalue weighted by molar-refractivity contribution is 9.11. The molecular weight excluding hydrogens is 1770 g/mol. The van der Waals surface area contributed by atoms with Crippen LogP contribution in [-0.4, -0.2) is 98.4 Å². The van der Waals surface area contributed by atoms with E-state index in [2.05, 4.69) is 42.5 Å². The predicted molar refractivity (Wildman–Crippen MR) is 493 cm³/mol. The number of carboxylic acids is 1. The number of hydrogen-bond donors (Lipinski definition) is 8. The summed E-state index contributed by atoms with van der Waals surface area (Å²) in [5.74, 6) is 0.575. The number of nitrogens with one attached hydrogen (secondary N) is 2. The molecule has 14 rings (SSSR count). The standard InChI is InChI=1S/C31H33NO7.C25H29BO6.C24H21NO5.C12H16BrNO3.C7H4BrNO/c1-5-36-27(33)17-21-9-6-7-12-26(21)38-19-20-15-22-13-14-37-29(22)25(16-20)24-11-8-10-23(28(24)34)18-32-30(35)39-31(2,3)4;1-6-28-22(27)15-18-9-7-8-10-21(18)30-16-17-13-19-11-12-29-23(19)20(14-17)26-31-24(2,3)25(4,5)32-26;25-13-18-5-3-6-19(23(18)28)20-11-15(10-17-8-9-29-24(17)20)14-30-21-7-2-1-4-16(21)12-22(26)27;1-12(2,3)17-11(16)14-7-8-5-4-6-9(13)10(8)15;8-6-3-1-2-5(4-9)7(6)10/h6-16,34H,5,17-19H2,1-4H3,(H,32,35);7-14H,6,15-16H2,1-5H3;1-11,28H,12-14,25H2,(H,26,27);4-6,15H,7H2,1-3H3,(H,14,16);1-3,10H. The molecule has 0 radical (unpaired) electrons. The Bertz CT molecular complexity index is 6080. The summed E-state index contributed by atoms with van der Waals surface area (Å²) in [7, 11) is -0.537. The number of halogens is 2. The zero-order valence-corrected chi connectivity index (χ0v) is 76.3. The number of aromatic hydroxyl groups is 4. The van der Waals surface area contributed by atoms with Gasteiger partial charge in [-0.15, -0.1) is 0 Å². The molecule has 3 aromatic heterocycles. The Morgan fingerprint density at radius 2 is 0.820 bits per heavy atom. The van der Waals surface area contributed by atoms with Gasteiger partial charge in [-0.1, -0.05) is 115 Å². The summed E-state index contributed by atoms with van der Waals surface area (Å²) in [6.07, 6.45) is 3.97. The van der Waals surface area contributed by atoms with Gasteiger partial charge in [0.1, 0.15) is 94.1 Å². The second-order valence-corrected chi connectivity index (χ2v) is 34.0. The van der Waals surface area contributed by atoms with Gasteiger partial charge in [0.25, 0.3) is 0 Å². The minimum Gasteiger partial charge on any atom is -0.507 e. The van der Waals surface area contributed by atoms with E-state index in [1.165, 1.54) is 0 Å². The van der Waals surface area contributed by atoms with Gasteiger partial charge < -0.3 is 97.6 Å². The minimum atomic E-state index is -0.914. The Morgan fingerprint density at radius 1 is 0.453 bits per heavy atom. The van der Waals surface area contributed by atoms with Crippen LogP contribution >= 0.6 is 31.9 Å². The SMILES string of the molecule is CC(C)(C)OC(=O)NCc1cccc(Br)c1O.CCOC(=O)Cc1ccccc1OCc1cc(-c2cccc(CNC(=O)OC(C)(C)C)c2O)c2occc2c1.CCOC(=O)Cc1ccccc1OCc1cc(B2OC(C)(C)C(C)(C)O2)c2occc2c1.N#Cc1cccc(Br)c1O.NCc1cccc(-c2cc(COc3ccccc3CC(=O)O)cc3ccoc23)c1O. The van der Waals surface area contributed by atoms with E-state index in [9.17, 15) is 39.3 Å². The molecule has 13 aromatic rings. The van der Waals surface area contributed by atoms with Gasteiger partial charge in [0.2, 0.25) is 0 Å². The molecule has 2 amide bonds. The van der Waals surface area contributed by atoms with E-state index in [1.807, 2.05) is 161 Å². The van der Waals surface area contributed by atoms with E-state index in [1.54, 1.807) is 147 Å². The molecule has 128 heavy (non-hydrogen) atoms.